The summed E-state index contributed by atoms with van der Waals surface area (Å²) < 4.78 is 0. The summed E-state index contributed by atoms with van der Waals surface area (Å²) in [4.78, 5) is 16.9. The maximum Gasteiger partial charge on any atom is 0.148 e. The summed E-state index contributed by atoms with van der Waals surface area (Å²) in [5.41, 5.74) is 2.94. The van der Waals surface area contributed by atoms with Crippen LogP contribution in [0.4, 0.5) is 0 Å². The number of nitrogens with one attached hydrogen (secondary N) is 1. The number of carbonyl (C=O) groups excluding carboxylic acids is 1. The third-order valence-corrected chi connectivity index (χ3v) is 2.97. The van der Waals surface area contributed by atoms with Crippen LogP contribution in [0.1, 0.15) is 19.8 Å². The van der Waals surface area contributed by atoms with E-state index in [1.54, 1.807) is 12.1 Å². The number of Topliss-reactive ketones (excluding diaryl/α,β-unsaturated/α-hetero) is 1. The first kappa shape index (κ1) is 11.0. The number of ketones is 1. The quantitative estimate of drug-likeness (QED) is 0.672. The lowest BCUT2D eigenvalue weighted by molar-refractivity contribution is -0.338. The summed E-state index contributed by atoms with van der Waals surface area (Å²) in [6.07, 6.45) is 2.01. The van der Waals surface area contributed by atoms with Crippen molar-refractivity contribution in [2.24, 2.45) is 0 Å². The highest BCUT2D eigenvalue weighted by atomic mass is 16.7. The fourth-order valence-electron chi connectivity index (χ4n) is 2.13. The van der Waals surface area contributed by atoms with Gasteiger partial charge in [-0.1, -0.05) is 0 Å². The van der Waals surface area contributed by atoms with Gasteiger partial charge >= 0.3 is 0 Å². The average molecular weight is 214 g/mol. The van der Waals surface area contributed by atoms with Gasteiger partial charge < -0.3 is 0 Å². The molecule has 0 amide bonds. The zero-order valence-electron chi connectivity index (χ0n) is 9.27. The molecule has 0 radical (unpaired) electrons. The van der Waals surface area contributed by atoms with Gasteiger partial charge in [0.05, 0.1) is 6.04 Å². The highest BCUT2D eigenvalue weighted by Gasteiger charge is 2.35. The van der Waals surface area contributed by atoms with Crippen molar-refractivity contribution in [2.45, 2.75) is 25.8 Å². The number of hydrogen-bond donors (Lipinski definition) is 1. The van der Waals surface area contributed by atoms with Crippen molar-refractivity contribution < 1.29 is 9.63 Å². The van der Waals surface area contributed by atoms with E-state index in [9.17, 15) is 4.79 Å². The molecule has 2 aliphatic rings. The van der Waals surface area contributed by atoms with Gasteiger partial charge in [-0.15, -0.1) is 5.17 Å². The van der Waals surface area contributed by atoms with Crippen molar-refractivity contribution in [1.29, 1.82) is 0 Å². The summed E-state index contributed by atoms with van der Waals surface area (Å²) in [5.74, 6) is 0.223. The second-order valence-corrected chi connectivity index (χ2v) is 3.94. The van der Waals surface area contributed by atoms with Crippen LogP contribution in [0, 0.1) is 0 Å². The minimum absolute atomic E-state index is 0.00208. The second-order valence-electron chi connectivity index (χ2n) is 3.94. The van der Waals surface area contributed by atoms with Crippen LogP contribution in [-0.2, 0) is 9.63 Å². The van der Waals surface area contributed by atoms with Gasteiger partial charge in [-0.25, -0.2) is 15.4 Å². The zero-order chi connectivity index (χ0) is 10.8. The summed E-state index contributed by atoms with van der Waals surface area (Å²) in [6.45, 7) is 3.76. The van der Waals surface area contributed by atoms with Crippen molar-refractivity contribution in [3.63, 3.8) is 0 Å². The molecule has 2 saturated heterocycles. The summed E-state index contributed by atoms with van der Waals surface area (Å²) in [5, 5.41) is 5.87. The maximum atomic E-state index is 11.5. The molecule has 2 fully saturated rings. The predicted octanol–water partition coefficient (Wildman–Crippen LogP) is -0.447. The van der Waals surface area contributed by atoms with Crippen molar-refractivity contribution in [1.82, 2.24) is 20.6 Å². The number of hydrogen-bond acceptors (Lipinski definition) is 6. The van der Waals surface area contributed by atoms with Crippen molar-refractivity contribution in [2.75, 3.05) is 27.0 Å². The van der Waals surface area contributed by atoms with E-state index in [1.807, 2.05) is 12.1 Å². The molecule has 2 aliphatic heterocycles. The Balaban J connectivity index is 2.02. The fourth-order valence-corrected chi connectivity index (χ4v) is 2.13. The Morgan fingerprint density at radius 3 is 3.00 bits per heavy atom. The molecular weight excluding hydrogens is 196 g/mol. The Hall–Kier alpha value is -0.530. The highest BCUT2D eigenvalue weighted by molar-refractivity contribution is 5.81. The lowest BCUT2D eigenvalue weighted by Crippen LogP contribution is -2.64. The minimum Gasteiger partial charge on any atom is -0.298 e. The largest absolute Gasteiger partial charge is 0.298 e. The van der Waals surface area contributed by atoms with E-state index in [0.29, 0.717) is 13.4 Å². The Morgan fingerprint density at radius 1 is 1.53 bits per heavy atom. The molecule has 1 atom stereocenters. The van der Waals surface area contributed by atoms with Crippen molar-refractivity contribution >= 4 is 5.78 Å². The predicted molar refractivity (Wildman–Crippen MR) is 54.0 cm³/mol. The van der Waals surface area contributed by atoms with Gasteiger partial charge in [0.2, 0.25) is 0 Å². The van der Waals surface area contributed by atoms with Crippen LogP contribution in [0.5, 0.6) is 0 Å². The molecule has 6 nitrogen and oxygen atoms in total. The first-order chi connectivity index (χ1) is 7.22. The van der Waals surface area contributed by atoms with Gasteiger partial charge in [0.1, 0.15) is 19.2 Å². The zero-order valence-corrected chi connectivity index (χ0v) is 9.27. The van der Waals surface area contributed by atoms with Gasteiger partial charge in [0, 0.05) is 13.6 Å². The lowest BCUT2D eigenvalue weighted by Gasteiger charge is -2.48. The first-order valence-corrected chi connectivity index (χ1v) is 5.32. The molecule has 1 N–H and O–H groups in total. The van der Waals surface area contributed by atoms with Gasteiger partial charge in [0.25, 0.3) is 0 Å². The normalized spacial score (nSPS) is 30.1. The Kier molecular flexibility index (Phi) is 3.32. The SMILES string of the molecule is CNN1CN2CCCC(C(C)=O)N2CO1. The molecule has 15 heavy (non-hydrogen) atoms. The third kappa shape index (κ3) is 2.19. The van der Waals surface area contributed by atoms with Gasteiger partial charge in [-0.05, 0) is 19.8 Å². The van der Waals surface area contributed by atoms with E-state index in [1.165, 1.54) is 0 Å². The van der Waals surface area contributed by atoms with E-state index in [2.05, 4.69) is 10.4 Å². The molecule has 0 aliphatic carbocycles. The number of carbonyl (C=O) groups is 1. The molecule has 0 saturated carbocycles. The van der Waals surface area contributed by atoms with Crippen LogP contribution >= 0.6 is 0 Å². The molecule has 0 bridgehead atoms. The van der Waals surface area contributed by atoms with Crippen molar-refractivity contribution in [3.8, 4) is 0 Å². The van der Waals surface area contributed by atoms with Gasteiger partial charge in [0.15, 0.2) is 0 Å². The highest BCUT2D eigenvalue weighted by Crippen LogP contribution is 2.21. The van der Waals surface area contributed by atoms with Crippen LogP contribution in [0.2, 0.25) is 0 Å². The van der Waals surface area contributed by atoms with E-state index >= 15 is 0 Å². The molecular formula is C9H18N4O2. The first-order valence-electron chi connectivity index (χ1n) is 5.32. The van der Waals surface area contributed by atoms with Crippen LogP contribution in [-0.4, -0.2) is 54.0 Å². The maximum absolute atomic E-state index is 11.5. The van der Waals surface area contributed by atoms with Crippen LogP contribution in [0.25, 0.3) is 0 Å². The molecule has 2 rings (SSSR count). The van der Waals surface area contributed by atoms with E-state index in [-0.39, 0.29) is 11.8 Å². The summed E-state index contributed by atoms with van der Waals surface area (Å²) in [6, 6.07) is -0.00208. The third-order valence-electron chi connectivity index (χ3n) is 2.97. The number of fused-ring (bicyclic) bond motifs is 1. The van der Waals surface area contributed by atoms with Crippen LogP contribution in [0.15, 0.2) is 0 Å². The number of rotatable bonds is 2. The average Bonchev–Trinajstić information content (AvgIpc) is 2.27. The second kappa shape index (κ2) is 4.54. The Labute approximate surface area is 89.6 Å². The van der Waals surface area contributed by atoms with Crippen molar-refractivity contribution in [3.05, 3.63) is 0 Å². The molecule has 2 heterocycles. The van der Waals surface area contributed by atoms with Gasteiger partial charge in [-0.2, -0.15) is 0 Å². The topological polar surface area (TPSA) is 48.0 Å². The Bertz CT molecular complexity index is 248. The van der Waals surface area contributed by atoms with Gasteiger partial charge in [-0.3, -0.25) is 9.63 Å². The van der Waals surface area contributed by atoms with E-state index in [0.717, 1.165) is 19.4 Å². The van der Waals surface area contributed by atoms with Crippen LogP contribution in [0.3, 0.4) is 0 Å². The Morgan fingerprint density at radius 2 is 2.33 bits per heavy atom. The fraction of sp³-hybridized carbons (Fsp3) is 0.889. The number of hydroxylamine groups is 1. The number of hydrazine groups is 2. The number of nitrogens with zero attached hydrogens (tertiary/aromatic N) is 3. The standard InChI is InChI=1S/C9H18N4O2/c1-8(14)9-4-3-5-11-6-13(10-2)15-7-12(9)11/h9-10H,3-7H2,1-2H3. The molecule has 86 valence electrons. The van der Waals surface area contributed by atoms with E-state index < -0.39 is 0 Å². The summed E-state index contributed by atoms with van der Waals surface area (Å²) >= 11 is 0. The molecule has 0 aromatic carbocycles. The molecule has 0 aromatic heterocycles. The van der Waals surface area contributed by atoms with E-state index in [4.69, 9.17) is 4.84 Å². The minimum atomic E-state index is -0.00208. The molecule has 6 heteroatoms. The monoisotopic (exact) mass is 214 g/mol. The van der Waals surface area contributed by atoms with Crippen LogP contribution < -0.4 is 5.43 Å². The molecule has 0 aromatic rings. The lowest BCUT2D eigenvalue weighted by atomic mass is 10.1. The smallest absolute Gasteiger partial charge is 0.148 e. The molecule has 1 unspecified atom stereocenters. The summed E-state index contributed by atoms with van der Waals surface area (Å²) in [7, 11) is 1.82. The molecule has 0 spiro atoms.